The highest BCUT2D eigenvalue weighted by Gasteiger charge is 2.29. The summed E-state index contributed by atoms with van der Waals surface area (Å²) in [5.74, 6) is -0.0801. The average molecular weight is 407 g/mol. The third kappa shape index (κ3) is 4.19. The molecule has 0 aliphatic carbocycles. The Bertz CT molecular complexity index is 997. The quantitative estimate of drug-likeness (QED) is 0.563. The maximum Gasteiger partial charge on any atom is 0.235 e. The summed E-state index contributed by atoms with van der Waals surface area (Å²) >= 11 is 1.12. The van der Waals surface area contributed by atoms with Gasteiger partial charge in [0.05, 0.1) is 18.2 Å². The molecule has 1 aromatic carbocycles. The van der Waals surface area contributed by atoms with E-state index in [0.29, 0.717) is 53.6 Å². The van der Waals surface area contributed by atoms with Gasteiger partial charge in [-0.25, -0.2) is 9.83 Å². The van der Waals surface area contributed by atoms with E-state index in [2.05, 4.69) is 15.9 Å². The standard InChI is InChI=1S/C21H21N5O2S/c1-3-15-16(11-22)21(29-18(19(23)28)13-7-5-4-6-8-13)25-20(17(15)24-2)26-10-9-14(27)12-26/h4-8,14,18,27H,3,9-10,12H2,1H3,(H2,23,28)/t14-,18-/m0/s1. The summed E-state index contributed by atoms with van der Waals surface area (Å²) in [6.45, 7) is 10.5. The van der Waals surface area contributed by atoms with Gasteiger partial charge in [0.2, 0.25) is 11.6 Å². The topological polar surface area (TPSA) is 108 Å². The van der Waals surface area contributed by atoms with Gasteiger partial charge in [0, 0.05) is 13.1 Å². The van der Waals surface area contributed by atoms with E-state index >= 15 is 0 Å². The number of nitrogens with two attached hydrogens (primary N) is 1. The van der Waals surface area contributed by atoms with E-state index in [0.717, 1.165) is 17.3 Å². The lowest BCUT2D eigenvalue weighted by atomic mass is 10.1. The highest BCUT2D eigenvalue weighted by Crippen LogP contribution is 2.43. The molecule has 3 N–H and O–H groups in total. The maximum absolute atomic E-state index is 12.2. The van der Waals surface area contributed by atoms with Gasteiger partial charge in [0.25, 0.3) is 0 Å². The van der Waals surface area contributed by atoms with Crippen molar-refractivity contribution >= 4 is 29.2 Å². The Kier molecular flexibility index (Phi) is 6.38. The largest absolute Gasteiger partial charge is 0.391 e. The molecule has 1 saturated heterocycles. The second-order valence-corrected chi connectivity index (χ2v) is 7.81. The SMILES string of the molecule is [C-]#[N+]c1c(N2CC[C@H](O)C2)nc(S[C@H](C(N)=O)c2ccccc2)c(C#N)c1CC. The molecule has 1 fully saturated rings. The lowest BCUT2D eigenvalue weighted by Gasteiger charge is -2.23. The first-order valence-electron chi connectivity index (χ1n) is 9.28. The molecule has 2 heterocycles. The number of nitrogens with zero attached hydrogens (tertiary/aromatic N) is 4. The molecule has 0 bridgehead atoms. The average Bonchev–Trinajstić information content (AvgIpc) is 3.17. The number of nitriles is 1. The summed E-state index contributed by atoms with van der Waals surface area (Å²) in [7, 11) is 0. The summed E-state index contributed by atoms with van der Waals surface area (Å²) in [5.41, 5.74) is 7.61. The molecule has 0 unspecified atom stereocenters. The minimum absolute atomic E-state index is 0.300. The van der Waals surface area contributed by atoms with Crippen LogP contribution in [0.2, 0.25) is 0 Å². The van der Waals surface area contributed by atoms with Gasteiger partial charge in [-0.1, -0.05) is 49.0 Å². The number of primary amides is 1. The number of hydrogen-bond acceptors (Lipinski definition) is 6. The monoisotopic (exact) mass is 407 g/mol. The predicted octanol–water partition coefficient (Wildman–Crippen LogP) is 2.96. The molecule has 1 aromatic heterocycles. The van der Waals surface area contributed by atoms with Crippen molar-refractivity contribution in [2.45, 2.75) is 36.1 Å². The van der Waals surface area contributed by atoms with Gasteiger partial charge >= 0.3 is 0 Å². The number of rotatable bonds is 6. The molecule has 0 saturated carbocycles. The van der Waals surface area contributed by atoms with Gasteiger partial charge < -0.3 is 15.7 Å². The molecule has 148 valence electrons. The second-order valence-electron chi connectivity index (χ2n) is 6.72. The normalized spacial score (nSPS) is 16.8. The van der Waals surface area contributed by atoms with E-state index in [4.69, 9.17) is 12.3 Å². The van der Waals surface area contributed by atoms with Crippen LogP contribution in [0.4, 0.5) is 11.5 Å². The molecule has 1 aliphatic rings. The van der Waals surface area contributed by atoms with Gasteiger partial charge in [0.15, 0.2) is 0 Å². The molecular weight excluding hydrogens is 386 g/mol. The van der Waals surface area contributed by atoms with Gasteiger partial charge in [-0.15, -0.1) is 0 Å². The van der Waals surface area contributed by atoms with Crippen molar-refractivity contribution in [2.24, 2.45) is 5.73 Å². The van der Waals surface area contributed by atoms with Gasteiger partial charge in [0.1, 0.15) is 22.2 Å². The van der Waals surface area contributed by atoms with E-state index in [9.17, 15) is 15.2 Å². The Morgan fingerprint density at radius 1 is 1.52 bits per heavy atom. The molecule has 8 heteroatoms. The van der Waals surface area contributed by atoms with Crippen LogP contribution in [0.5, 0.6) is 0 Å². The van der Waals surface area contributed by atoms with Crippen molar-refractivity contribution in [3.63, 3.8) is 0 Å². The molecule has 1 amide bonds. The van der Waals surface area contributed by atoms with Crippen LogP contribution in [0, 0.1) is 17.9 Å². The number of thioether (sulfide) groups is 1. The summed E-state index contributed by atoms with van der Waals surface area (Å²) < 4.78 is 0. The van der Waals surface area contributed by atoms with Crippen molar-refractivity contribution in [2.75, 3.05) is 18.0 Å². The summed E-state index contributed by atoms with van der Waals surface area (Å²) in [5, 5.41) is 19.4. The number of aliphatic hydroxyl groups excluding tert-OH is 1. The summed E-state index contributed by atoms with van der Waals surface area (Å²) in [4.78, 5) is 22.3. The third-order valence-electron chi connectivity index (χ3n) is 4.85. The van der Waals surface area contributed by atoms with Crippen LogP contribution in [-0.2, 0) is 11.2 Å². The summed E-state index contributed by atoms with van der Waals surface area (Å²) in [6.07, 6.45) is 0.596. The van der Waals surface area contributed by atoms with E-state index in [-0.39, 0.29) is 0 Å². The Hall–Kier alpha value is -3.07. The number of aromatic nitrogens is 1. The predicted molar refractivity (Wildman–Crippen MR) is 112 cm³/mol. The van der Waals surface area contributed by atoms with Crippen molar-refractivity contribution in [1.29, 1.82) is 5.26 Å². The van der Waals surface area contributed by atoms with Crippen LogP contribution in [0.3, 0.4) is 0 Å². The minimum Gasteiger partial charge on any atom is -0.391 e. The van der Waals surface area contributed by atoms with E-state index < -0.39 is 17.3 Å². The zero-order valence-corrected chi connectivity index (χ0v) is 16.8. The van der Waals surface area contributed by atoms with Crippen LogP contribution >= 0.6 is 11.8 Å². The number of benzene rings is 1. The second kappa shape index (κ2) is 8.95. The fraction of sp³-hybridized carbons (Fsp3) is 0.333. The smallest absolute Gasteiger partial charge is 0.235 e. The molecule has 29 heavy (non-hydrogen) atoms. The number of β-amino-alcohol motifs (C(OH)–C–C–N with tert-alkyl or cyclic N) is 1. The fourth-order valence-electron chi connectivity index (χ4n) is 3.43. The number of amides is 1. The number of carbonyl (C=O) groups is 1. The van der Waals surface area contributed by atoms with E-state index in [1.54, 1.807) is 12.1 Å². The third-order valence-corrected chi connectivity index (χ3v) is 6.11. The number of hydrogen-bond donors (Lipinski definition) is 2. The maximum atomic E-state index is 12.2. The van der Waals surface area contributed by atoms with Crippen molar-refractivity contribution < 1.29 is 9.90 Å². The molecule has 3 rings (SSSR count). The fourth-order valence-corrected chi connectivity index (χ4v) is 4.49. The van der Waals surface area contributed by atoms with E-state index in [1.165, 1.54) is 0 Å². The number of aliphatic hydroxyl groups is 1. The molecule has 2 atom stereocenters. The Morgan fingerprint density at radius 2 is 2.24 bits per heavy atom. The van der Waals surface area contributed by atoms with Gasteiger partial charge in [-0.2, -0.15) is 5.26 Å². The van der Waals surface area contributed by atoms with Crippen LogP contribution in [-0.4, -0.2) is 35.2 Å². The van der Waals surface area contributed by atoms with E-state index in [1.807, 2.05) is 30.0 Å². The van der Waals surface area contributed by atoms with Crippen molar-refractivity contribution in [3.8, 4) is 6.07 Å². The zero-order chi connectivity index (χ0) is 21.0. The molecule has 1 aliphatic heterocycles. The van der Waals surface area contributed by atoms with Gasteiger partial charge in [-0.3, -0.25) is 4.79 Å². The molecular formula is C21H21N5O2S. The Morgan fingerprint density at radius 3 is 2.76 bits per heavy atom. The van der Waals surface area contributed by atoms with Crippen LogP contribution < -0.4 is 10.6 Å². The highest BCUT2D eigenvalue weighted by atomic mass is 32.2. The summed E-state index contributed by atoms with van der Waals surface area (Å²) in [6, 6.07) is 11.3. The van der Waals surface area contributed by atoms with Crippen LogP contribution in [0.1, 0.15) is 35.3 Å². The minimum atomic E-state index is -0.712. The van der Waals surface area contributed by atoms with Gasteiger partial charge in [-0.05, 0) is 24.0 Å². The molecule has 7 nitrogen and oxygen atoms in total. The molecule has 0 radical (unpaired) electrons. The van der Waals surface area contributed by atoms with Crippen molar-refractivity contribution in [1.82, 2.24) is 4.98 Å². The number of pyridine rings is 1. The first kappa shape index (κ1) is 20.7. The lowest BCUT2D eigenvalue weighted by Crippen LogP contribution is -2.23. The van der Waals surface area contributed by atoms with Crippen LogP contribution in [0.25, 0.3) is 4.85 Å². The highest BCUT2D eigenvalue weighted by molar-refractivity contribution is 8.00. The first-order chi connectivity index (χ1) is 14.0. The molecule has 0 spiro atoms. The lowest BCUT2D eigenvalue weighted by molar-refractivity contribution is -0.117. The molecule has 2 aromatic rings. The number of anilines is 1. The van der Waals surface area contributed by atoms with Crippen molar-refractivity contribution in [3.05, 3.63) is 58.4 Å². The Balaban J connectivity index is 2.13. The Labute approximate surface area is 174 Å². The number of carbonyl (C=O) groups excluding carboxylic acids is 1. The first-order valence-corrected chi connectivity index (χ1v) is 10.2. The van der Waals surface area contributed by atoms with Crippen LogP contribution in [0.15, 0.2) is 35.4 Å². The zero-order valence-electron chi connectivity index (χ0n) is 16.0.